The molecule has 0 aromatic rings. The average Bonchev–Trinajstić information content (AvgIpc) is 2.37. The van der Waals surface area contributed by atoms with E-state index in [4.69, 9.17) is 4.74 Å². The summed E-state index contributed by atoms with van der Waals surface area (Å²) in [6, 6.07) is 0. The minimum atomic E-state index is -0.800. The van der Waals surface area contributed by atoms with Crippen LogP contribution >= 0.6 is 0 Å². The topological polar surface area (TPSA) is 52.6 Å². The van der Waals surface area contributed by atoms with Crippen molar-refractivity contribution in [3.8, 4) is 0 Å². The van der Waals surface area contributed by atoms with Crippen LogP contribution in [0.25, 0.3) is 0 Å². The van der Waals surface area contributed by atoms with Gasteiger partial charge >= 0.3 is 5.97 Å². The minimum Gasteiger partial charge on any atom is -0.460 e. The van der Waals surface area contributed by atoms with Gasteiger partial charge in [-0.1, -0.05) is 27.2 Å². The summed E-state index contributed by atoms with van der Waals surface area (Å²) >= 11 is 0. The molecule has 1 aliphatic carbocycles. The van der Waals surface area contributed by atoms with Crippen LogP contribution in [0.2, 0.25) is 0 Å². The first-order chi connectivity index (χ1) is 9.04. The van der Waals surface area contributed by atoms with Crippen LogP contribution in [-0.2, 0) is 19.1 Å². The summed E-state index contributed by atoms with van der Waals surface area (Å²) in [5.41, 5.74) is 0. The first-order valence-electron chi connectivity index (χ1n) is 7.28. The van der Waals surface area contributed by atoms with E-state index in [1.807, 2.05) is 0 Å². The van der Waals surface area contributed by atoms with Crippen molar-refractivity contribution < 1.29 is 19.1 Å². The number of rotatable bonds is 7. The fourth-order valence-corrected chi connectivity index (χ4v) is 2.81. The Morgan fingerprint density at radius 2 is 2.05 bits per heavy atom. The lowest BCUT2D eigenvalue weighted by Gasteiger charge is -2.37. The highest BCUT2D eigenvalue weighted by Crippen LogP contribution is 2.35. The molecule has 0 aromatic carbocycles. The minimum absolute atomic E-state index is 0.193. The SMILES string of the molecule is CC(C)[C@H]1CC[C@H](C)C[C@@H]1OCCCOC(=O)C=O. The zero-order chi connectivity index (χ0) is 14.3. The van der Waals surface area contributed by atoms with E-state index in [0.717, 1.165) is 12.3 Å². The molecule has 0 radical (unpaired) electrons. The zero-order valence-corrected chi connectivity index (χ0v) is 12.3. The number of hydrogen-bond donors (Lipinski definition) is 0. The quantitative estimate of drug-likeness (QED) is 0.309. The van der Waals surface area contributed by atoms with Crippen LogP contribution in [0.5, 0.6) is 0 Å². The molecular formula is C15H26O4. The molecule has 4 heteroatoms. The number of esters is 1. The molecule has 1 saturated carbocycles. The van der Waals surface area contributed by atoms with Gasteiger partial charge in [-0.3, -0.25) is 4.79 Å². The number of ether oxygens (including phenoxy) is 2. The van der Waals surface area contributed by atoms with Gasteiger partial charge in [-0.25, -0.2) is 4.79 Å². The summed E-state index contributed by atoms with van der Waals surface area (Å²) < 4.78 is 10.7. The number of carbonyl (C=O) groups excluding carboxylic acids is 2. The van der Waals surface area contributed by atoms with Gasteiger partial charge in [-0.05, 0) is 30.6 Å². The van der Waals surface area contributed by atoms with Gasteiger partial charge in [0.15, 0.2) is 0 Å². The van der Waals surface area contributed by atoms with Crippen LogP contribution in [0.4, 0.5) is 0 Å². The molecule has 19 heavy (non-hydrogen) atoms. The first-order valence-corrected chi connectivity index (χ1v) is 7.28. The molecule has 0 aliphatic heterocycles. The fourth-order valence-electron chi connectivity index (χ4n) is 2.81. The summed E-state index contributed by atoms with van der Waals surface area (Å²) in [6.07, 6.45) is 4.82. The van der Waals surface area contributed by atoms with Gasteiger partial charge in [-0.2, -0.15) is 0 Å². The van der Waals surface area contributed by atoms with E-state index in [-0.39, 0.29) is 12.9 Å². The third-order valence-corrected chi connectivity index (χ3v) is 3.92. The summed E-state index contributed by atoms with van der Waals surface area (Å²) in [5, 5.41) is 0. The predicted molar refractivity (Wildman–Crippen MR) is 72.7 cm³/mol. The standard InChI is InChI=1S/C15H26O4/c1-11(2)13-6-5-12(3)9-14(13)18-7-4-8-19-15(17)10-16/h10-14H,4-9H2,1-3H3/t12-,13+,14-/m0/s1. The van der Waals surface area contributed by atoms with Crippen LogP contribution < -0.4 is 0 Å². The van der Waals surface area contributed by atoms with Crippen molar-refractivity contribution in [1.82, 2.24) is 0 Å². The van der Waals surface area contributed by atoms with Crippen molar-refractivity contribution in [1.29, 1.82) is 0 Å². The lowest BCUT2D eigenvalue weighted by atomic mass is 9.75. The molecule has 0 bridgehead atoms. The van der Waals surface area contributed by atoms with Crippen molar-refractivity contribution in [2.45, 2.75) is 52.6 Å². The van der Waals surface area contributed by atoms with Gasteiger partial charge in [0.1, 0.15) is 0 Å². The second-order valence-electron chi connectivity index (χ2n) is 5.87. The Kier molecular flexibility index (Phi) is 7.06. The van der Waals surface area contributed by atoms with Gasteiger partial charge in [0.2, 0.25) is 6.29 Å². The van der Waals surface area contributed by atoms with Crippen molar-refractivity contribution in [2.24, 2.45) is 17.8 Å². The Morgan fingerprint density at radius 1 is 1.32 bits per heavy atom. The summed E-state index contributed by atoms with van der Waals surface area (Å²) in [5.74, 6) is 1.21. The lowest BCUT2D eigenvalue weighted by molar-refractivity contribution is -0.149. The molecule has 0 amide bonds. The van der Waals surface area contributed by atoms with Gasteiger partial charge in [0, 0.05) is 6.42 Å². The Labute approximate surface area is 115 Å². The molecule has 1 fully saturated rings. The highest BCUT2D eigenvalue weighted by molar-refractivity contribution is 6.20. The molecular weight excluding hydrogens is 244 g/mol. The fraction of sp³-hybridized carbons (Fsp3) is 0.867. The van der Waals surface area contributed by atoms with Gasteiger partial charge < -0.3 is 9.47 Å². The van der Waals surface area contributed by atoms with E-state index < -0.39 is 5.97 Å². The highest BCUT2D eigenvalue weighted by atomic mass is 16.5. The van der Waals surface area contributed by atoms with E-state index in [0.29, 0.717) is 31.0 Å². The maximum atomic E-state index is 10.6. The molecule has 1 aliphatic rings. The average molecular weight is 270 g/mol. The molecule has 110 valence electrons. The maximum absolute atomic E-state index is 10.6. The summed E-state index contributed by atoms with van der Waals surface area (Å²) in [7, 11) is 0. The van der Waals surface area contributed by atoms with Crippen molar-refractivity contribution >= 4 is 12.3 Å². The predicted octanol–water partition coefficient (Wildman–Crippen LogP) is 2.60. The van der Waals surface area contributed by atoms with Crippen LogP contribution in [-0.4, -0.2) is 31.6 Å². The lowest BCUT2D eigenvalue weighted by Crippen LogP contribution is -2.34. The number of aldehydes is 1. The Balaban J connectivity index is 2.24. The molecule has 3 atom stereocenters. The Hall–Kier alpha value is -0.900. The van der Waals surface area contributed by atoms with E-state index in [2.05, 4.69) is 25.5 Å². The van der Waals surface area contributed by atoms with E-state index in [9.17, 15) is 9.59 Å². The van der Waals surface area contributed by atoms with Crippen LogP contribution in [0.3, 0.4) is 0 Å². The molecule has 0 N–H and O–H groups in total. The molecule has 0 saturated heterocycles. The summed E-state index contributed by atoms with van der Waals surface area (Å²) in [6.45, 7) is 7.63. The Bertz CT molecular complexity index is 288. The maximum Gasteiger partial charge on any atom is 0.371 e. The zero-order valence-electron chi connectivity index (χ0n) is 12.3. The first kappa shape index (κ1) is 16.2. The van der Waals surface area contributed by atoms with Gasteiger partial charge in [0.05, 0.1) is 19.3 Å². The summed E-state index contributed by atoms with van der Waals surface area (Å²) in [4.78, 5) is 20.7. The monoisotopic (exact) mass is 270 g/mol. The van der Waals surface area contributed by atoms with Crippen molar-refractivity contribution in [3.63, 3.8) is 0 Å². The highest BCUT2D eigenvalue weighted by Gasteiger charge is 2.31. The van der Waals surface area contributed by atoms with Gasteiger partial charge in [-0.15, -0.1) is 0 Å². The second kappa shape index (κ2) is 8.31. The number of hydrogen-bond acceptors (Lipinski definition) is 4. The second-order valence-corrected chi connectivity index (χ2v) is 5.87. The largest absolute Gasteiger partial charge is 0.460 e. The van der Waals surface area contributed by atoms with Crippen LogP contribution in [0, 0.1) is 17.8 Å². The molecule has 0 aromatic heterocycles. The van der Waals surface area contributed by atoms with Crippen LogP contribution in [0.15, 0.2) is 0 Å². The van der Waals surface area contributed by atoms with Crippen molar-refractivity contribution in [2.75, 3.05) is 13.2 Å². The van der Waals surface area contributed by atoms with Crippen LogP contribution in [0.1, 0.15) is 46.5 Å². The third-order valence-electron chi connectivity index (χ3n) is 3.92. The normalized spacial score (nSPS) is 27.3. The van der Waals surface area contributed by atoms with E-state index in [1.165, 1.54) is 12.8 Å². The van der Waals surface area contributed by atoms with Crippen molar-refractivity contribution in [3.05, 3.63) is 0 Å². The third kappa shape index (κ3) is 5.72. The van der Waals surface area contributed by atoms with E-state index in [1.54, 1.807) is 0 Å². The van der Waals surface area contributed by atoms with Gasteiger partial charge in [0.25, 0.3) is 0 Å². The molecule has 0 unspecified atom stereocenters. The molecule has 0 heterocycles. The molecule has 1 rings (SSSR count). The molecule has 4 nitrogen and oxygen atoms in total. The van der Waals surface area contributed by atoms with E-state index >= 15 is 0 Å². The molecule has 0 spiro atoms. The number of carbonyl (C=O) groups is 2. The smallest absolute Gasteiger partial charge is 0.371 e. The Morgan fingerprint density at radius 3 is 2.68 bits per heavy atom.